The Kier molecular flexibility index (Phi) is 8.40. The molecule has 146 valence electrons. The van der Waals surface area contributed by atoms with Gasteiger partial charge in [-0.1, -0.05) is 55.5 Å². The lowest BCUT2D eigenvalue weighted by molar-refractivity contribution is 1.05. The van der Waals surface area contributed by atoms with E-state index in [-0.39, 0.29) is 0 Å². The quantitative estimate of drug-likeness (QED) is 0.513. The molecule has 28 heavy (non-hydrogen) atoms. The van der Waals surface area contributed by atoms with Gasteiger partial charge in [-0.25, -0.2) is 0 Å². The van der Waals surface area contributed by atoms with E-state index in [0.717, 1.165) is 33.6 Å². The third kappa shape index (κ3) is 6.31. The Hall–Kier alpha value is -2.46. The fraction of sp³-hybridized carbons (Fsp3) is 0.250. The summed E-state index contributed by atoms with van der Waals surface area (Å²) < 4.78 is 0.776. The normalized spacial score (nSPS) is 13.8. The lowest BCUT2D eigenvalue weighted by Crippen LogP contribution is -1.98. The first-order valence-corrected chi connectivity index (χ1v) is 10.2. The molecule has 4 heteroatoms. The second kappa shape index (κ2) is 10.8. The van der Waals surface area contributed by atoms with Crippen molar-refractivity contribution in [3.63, 3.8) is 0 Å². The summed E-state index contributed by atoms with van der Waals surface area (Å²) >= 11 is 3.45. The van der Waals surface area contributed by atoms with Crippen molar-refractivity contribution in [3.05, 3.63) is 87.5 Å². The molecular formula is C24H28BrN3. The summed E-state index contributed by atoms with van der Waals surface area (Å²) in [5, 5.41) is 0. The third-order valence-electron chi connectivity index (χ3n) is 4.49. The number of halogens is 1. The smallest absolute Gasteiger partial charge is 0.0726 e. The molecule has 3 nitrogen and oxygen atoms in total. The monoisotopic (exact) mass is 437 g/mol. The molecule has 0 radical (unpaired) electrons. The Morgan fingerprint density at radius 2 is 1.68 bits per heavy atom. The molecule has 0 aliphatic rings. The van der Waals surface area contributed by atoms with E-state index in [4.69, 9.17) is 15.7 Å². The molecule has 0 amide bonds. The highest BCUT2D eigenvalue weighted by Gasteiger charge is 2.06. The molecule has 2 aromatic rings. The molecule has 0 saturated heterocycles. The van der Waals surface area contributed by atoms with Crippen molar-refractivity contribution in [2.45, 2.75) is 40.7 Å². The second-order valence-corrected chi connectivity index (χ2v) is 7.54. The van der Waals surface area contributed by atoms with Gasteiger partial charge in [0.1, 0.15) is 0 Å². The molecule has 2 N–H and O–H groups in total. The second-order valence-electron chi connectivity index (χ2n) is 6.68. The zero-order chi connectivity index (χ0) is 20.5. The minimum Gasteiger partial charge on any atom is -0.404 e. The van der Waals surface area contributed by atoms with Crippen LogP contribution in [0.25, 0.3) is 5.70 Å². The van der Waals surface area contributed by atoms with E-state index >= 15 is 0 Å². The molecule has 0 spiro atoms. The van der Waals surface area contributed by atoms with Gasteiger partial charge in [0.2, 0.25) is 0 Å². The van der Waals surface area contributed by atoms with Crippen molar-refractivity contribution in [2.75, 3.05) is 0 Å². The van der Waals surface area contributed by atoms with E-state index in [1.54, 1.807) is 0 Å². The van der Waals surface area contributed by atoms with Crippen LogP contribution in [-0.4, -0.2) is 11.4 Å². The van der Waals surface area contributed by atoms with Gasteiger partial charge < -0.3 is 5.73 Å². The maximum atomic E-state index is 5.62. The number of aliphatic imine (C=N–C) groups is 2. The summed E-state index contributed by atoms with van der Waals surface area (Å²) in [5.41, 5.74) is 13.0. The van der Waals surface area contributed by atoms with Gasteiger partial charge in [-0.3, -0.25) is 9.98 Å². The molecule has 0 unspecified atom stereocenters. The lowest BCUT2D eigenvalue weighted by atomic mass is 10.0. The number of benzene rings is 2. The van der Waals surface area contributed by atoms with Crippen LogP contribution in [0.1, 0.15) is 43.0 Å². The molecule has 0 saturated carbocycles. The number of rotatable bonds is 7. The predicted molar refractivity (Wildman–Crippen MR) is 126 cm³/mol. The Labute approximate surface area is 176 Å². The van der Waals surface area contributed by atoms with Crippen LogP contribution in [0.3, 0.4) is 0 Å². The number of allylic oxidation sites excluding steroid dienone is 2. The summed E-state index contributed by atoms with van der Waals surface area (Å²) in [7, 11) is 0. The molecule has 0 aliphatic carbocycles. The van der Waals surface area contributed by atoms with Gasteiger partial charge in [0.05, 0.1) is 22.4 Å². The number of hydrogen-bond acceptors (Lipinski definition) is 3. The molecule has 0 bridgehead atoms. The molecule has 0 heterocycles. The minimum atomic E-state index is 0.655. The minimum absolute atomic E-state index is 0.655. The first kappa shape index (κ1) is 21.8. The first-order valence-electron chi connectivity index (χ1n) is 9.44. The summed E-state index contributed by atoms with van der Waals surface area (Å²) in [4.78, 5) is 9.53. The molecule has 2 rings (SSSR count). The molecule has 0 aliphatic heterocycles. The Balaban J connectivity index is 2.35. The van der Waals surface area contributed by atoms with Crippen molar-refractivity contribution in [1.82, 2.24) is 0 Å². The number of aryl methyl sites for hydroxylation is 2. The zero-order valence-electron chi connectivity index (χ0n) is 17.0. The van der Waals surface area contributed by atoms with Crippen LogP contribution < -0.4 is 5.73 Å². The van der Waals surface area contributed by atoms with Gasteiger partial charge in [-0.15, -0.1) is 0 Å². The standard InChI is InChI=1S/C24H28BrN3/c1-5-20-10-12-21(13-11-20)16-27-18(3)14-24(28-19(4)23(25)15-26)22-9-7-6-8-17(22)2/h6-15H,5,16,26H2,1-4H3/b23-15+,24-14-,27-18?,28-19-. The van der Waals surface area contributed by atoms with E-state index in [2.05, 4.69) is 66.2 Å². The summed E-state index contributed by atoms with van der Waals surface area (Å²) in [5.74, 6) is 0. The fourth-order valence-electron chi connectivity index (χ4n) is 2.73. The average Bonchev–Trinajstić information content (AvgIpc) is 2.71. The van der Waals surface area contributed by atoms with Crippen LogP contribution in [0.15, 0.2) is 75.3 Å². The summed E-state index contributed by atoms with van der Waals surface area (Å²) in [6, 6.07) is 16.8. The van der Waals surface area contributed by atoms with Crippen molar-refractivity contribution in [1.29, 1.82) is 0 Å². The van der Waals surface area contributed by atoms with Crippen molar-refractivity contribution < 1.29 is 0 Å². The molecular weight excluding hydrogens is 410 g/mol. The Bertz CT molecular complexity index is 919. The molecule has 0 atom stereocenters. The van der Waals surface area contributed by atoms with Crippen molar-refractivity contribution in [2.24, 2.45) is 15.7 Å². The topological polar surface area (TPSA) is 50.7 Å². The van der Waals surface area contributed by atoms with Gasteiger partial charge in [0, 0.05) is 17.5 Å². The first-order chi connectivity index (χ1) is 13.4. The number of nitrogens with two attached hydrogens (primary N) is 1. The van der Waals surface area contributed by atoms with Crippen LogP contribution in [0.2, 0.25) is 0 Å². The highest BCUT2D eigenvalue weighted by Crippen LogP contribution is 2.22. The van der Waals surface area contributed by atoms with E-state index < -0.39 is 0 Å². The van der Waals surface area contributed by atoms with Crippen LogP contribution in [-0.2, 0) is 13.0 Å². The fourth-order valence-corrected chi connectivity index (χ4v) is 2.81. The summed E-state index contributed by atoms with van der Waals surface area (Å²) in [6.07, 6.45) is 4.59. The van der Waals surface area contributed by atoms with Crippen LogP contribution >= 0.6 is 15.9 Å². The average molecular weight is 438 g/mol. The predicted octanol–water partition coefficient (Wildman–Crippen LogP) is 6.22. The Morgan fingerprint density at radius 3 is 2.29 bits per heavy atom. The van der Waals surface area contributed by atoms with Gasteiger partial charge >= 0.3 is 0 Å². The van der Waals surface area contributed by atoms with Crippen LogP contribution in [0.5, 0.6) is 0 Å². The van der Waals surface area contributed by atoms with Gasteiger partial charge in [-0.05, 0) is 65.9 Å². The van der Waals surface area contributed by atoms with E-state index in [0.29, 0.717) is 6.54 Å². The number of hydrogen-bond donors (Lipinski definition) is 1. The van der Waals surface area contributed by atoms with E-state index in [9.17, 15) is 0 Å². The Morgan fingerprint density at radius 1 is 1.04 bits per heavy atom. The molecule has 2 aromatic carbocycles. The third-order valence-corrected chi connectivity index (χ3v) is 5.33. The van der Waals surface area contributed by atoms with Crippen molar-refractivity contribution in [3.8, 4) is 0 Å². The highest BCUT2D eigenvalue weighted by atomic mass is 79.9. The van der Waals surface area contributed by atoms with E-state index in [1.165, 1.54) is 22.9 Å². The van der Waals surface area contributed by atoms with Crippen LogP contribution in [0.4, 0.5) is 0 Å². The lowest BCUT2D eigenvalue weighted by Gasteiger charge is -2.09. The van der Waals surface area contributed by atoms with E-state index in [1.807, 2.05) is 32.1 Å². The maximum Gasteiger partial charge on any atom is 0.0726 e. The zero-order valence-corrected chi connectivity index (χ0v) is 18.6. The van der Waals surface area contributed by atoms with Gasteiger partial charge in [0.15, 0.2) is 0 Å². The van der Waals surface area contributed by atoms with Crippen molar-refractivity contribution >= 4 is 33.1 Å². The molecule has 0 fully saturated rings. The van der Waals surface area contributed by atoms with Gasteiger partial charge in [-0.2, -0.15) is 0 Å². The highest BCUT2D eigenvalue weighted by molar-refractivity contribution is 9.12. The number of nitrogens with zero attached hydrogens (tertiary/aromatic N) is 2. The van der Waals surface area contributed by atoms with Crippen LogP contribution in [0, 0.1) is 6.92 Å². The molecule has 0 aromatic heterocycles. The largest absolute Gasteiger partial charge is 0.404 e. The SMILES string of the molecule is CCc1ccc(CN=C(C)\C=C(/N=C(C)\C(Br)=C/N)c2ccccc2C)cc1. The maximum absolute atomic E-state index is 5.62. The summed E-state index contributed by atoms with van der Waals surface area (Å²) in [6.45, 7) is 8.85. The van der Waals surface area contributed by atoms with Gasteiger partial charge in [0.25, 0.3) is 0 Å².